The van der Waals surface area contributed by atoms with Gasteiger partial charge in [-0.05, 0) is 50.2 Å². The van der Waals surface area contributed by atoms with Crippen LogP contribution in [0, 0.1) is 11.7 Å². The average molecular weight is 394 g/mol. The van der Waals surface area contributed by atoms with E-state index in [0.717, 1.165) is 38.2 Å². The normalized spacial score (nSPS) is 15.8. The summed E-state index contributed by atoms with van der Waals surface area (Å²) in [4.78, 5) is 19.5. The number of hydrogen-bond donors (Lipinski definition) is 1. The molecule has 3 rings (SSSR count). The first-order valence-corrected chi connectivity index (χ1v) is 10.0. The zero-order valence-electron chi connectivity index (χ0n) is 14.3. The molecule has 26 heavy (non-hydrogen) atoms. The Balaban J connectivity index is 1.39. The van der Waals surface area contributed by atoms with E-state index in [1.54, 1.807) is 24.3 Å². The molecule has 1 aromatic carbocycles. The molecule has 0 aliphatic carbocycles. The van der Waals surface area contributed by atoms with Crippen LogP contribution in [0.25, 0.3) is 0 Å². The first kappa shape index (κ1) is 19.1. The maximum absolute atomic E-state index is 13.6. The van der Waals surface area contributed by atoms with Crippen LogP contribution in [0.1, 0.15) is 12.8 Å². The van der Waals surface area contributed by atoms with E-state index in [4.69, 9.17) is 11.6 Å². The Hall–Kier alpha value is -1.63. The quantitative estimate of drug-likeness (QED) is 0.742. The molecular weight excluding hydrogens is 373 g/mol. The summed E-state index contributed by atoms with van der Waals surface area (Å²) >= 11 is 7.33. The molecule has 0 spiro atoms. The van der Waals surface area contributed by atoms with E-state index in [1.807, 2.05) is 6.07 Å². The standard InChI is InChI=1S/C19H21ClFN3OS/c20-15-5-6-18(22-13-15)23-19(25)14-7-9-24(10-8-14)11-12-26-17-4-2-1-3-16(17)21/h1-6,13-14H,7-12H2,(H,22,23,25). The van der Waals surface area contributed by atoms with Crippen LogP contribution >= 0.6 is 23.4 Å². The van der Waals surface area contributed by atoms with E-state index in [1.165, 1.54) is 24.0 Å². The van der Waals surface area contributed by atoms with Gasteiger partial charge in [0.1, 0.15) is 11.6 Å². The average Bonchev–Trinajstić information content (AvgIpc) is 2.66. The third-order valence-electron chi connectivity index (χ3n) is 4.44. The SMILES string of the molecule is O=C(Nc1ccc(Cl)cn1)C1CCN(CCSc2ccccc2F)CC1. The Kier molecular flexibility index (Phi) is 6.88. The lowest BCUT2D eigenvalue weighted by molar-refractivity contribution is -0.121. The second kappa shape index (κ2) is 9.35. The molecule has 0 bridgehead atoms. The van der Waals surface area contributed by atoms with Crippen LogP contribution < -0.4 is 5.32 Å². The topological polar surface area (TPSA) is 45.2 Å². The van der Waals surface area contributed by atoms with E-state index in [9.17, 15) is 9.18 Å². The number of hydrogen-bond acceptors (Lipinski definition) is 4. The number of aromatic nitrogens is 1. The number of pyridine rings is 1. The Bertz CT molecular complexity index is 736. The highest BCUT2D eigenvalue weighted by atomic mass is 35.5. The second-order valence-electron chi connectivity index (χ2n) is 6.25. The van der Waals surface area contributed by atoms with Gasteiger partial charge >= 0.3 is 0 Å². The minimum atomic E-state index is -0.163. The summed E-state index contributed by atoms with van der Waals surface area (Å²) in [5, 5.41) is 3.40. The number of halogens is 2. The number of amides is 1. The van der Waals surface area contributed by atoms with Gasteiger partial charge in [-0.3, -0.25) is 4.79 Å². The van der Waals surface area contributed by atoms with Gasteiger partial charge in [0.25, 0.3) is 0 Å². The molecule has 1 aromatic heterocycles. The Labute approximate surface area is 162 Å². The molecule has 0 radical (unpaired) electrons. The number of benzene rings is 1. The molecule has 0 atom stereocenters. The predicted octanol–water partition coefficient (Wildman–Crippen LogP) is 4.32. The summed E-state index contributed by atoms with van der Waals surface area (Å²) in [6, 6.07) is 10.3. The smallest absolute Gasteiger partial charge is 0.228 e. The van der Waals surface area contributed by atoms with Crippen molar-refractivity contribution in [2.75, 3.05) is 30.7 Å². The summed E-state index contributed by atoms with van der Waals surface area (Å²) in [5.41, 5.74) is 0. The number of rotatable bonds is 6. The van der Waals surface area contributed by atoms with E-state index >= 15 is 0 Å². The lowest BCUT2D eigenvalue weighted by Gasteiger charge is -2.31. The van der Waals surface area contributed by atoms with Crippen molar-refractivity contribution >= 4 is 35.1 Å². The van der Waals surface area contributed by atoms with Crippen molar-refractivity contribution in [1.29, 1.82) is 0 Å². The molecule has 1 amide bonds. The third kappa shape index (κ3) is 5.43. The van der Waals surface area contributed by atoms with Crippen LogP contribution in [0.2, 0.25) is 5.02 Å². The largest absolute Gasteiger partial charge is 0.310 e. The monoisotopic (exact) mass is 393 g/mol. The Morgan fingerprint density at radius 3 is 2.73 bits per heavy atom. The zero-order chi connectivity index (χ0) is 18.4. The Morgan fingerprint density at radius 2 is 2.04 bits per heavy atom. The molecule has 1 fully saturated rings. The molecule has 1 aliphatic heterocycles. The number of carbonyl (C=O) groups excluding carboxylic acids is 1. The molecule has 1 N–H and O–H groups in total. The van der Waals surface area contributed by atoms with Crippen molar-refractivity contribution in [3.8, 4) is 0 Å². The fourth-order valence-corrected chi connectivity index (χ4v) is 4.01. The molecule has 138 valence electrons. The number of anilines is 1. The van der Waals surface area contributed by atoms with Crippen LogP contribution in [0.3, 0.4) is 0 Å². The van der Waals surface area contributed by atoms with Crippen LogP contribution in [0.4, 0.5) is 10.2 Å². The van der Waals surface area contributed by atoms with Crippen molar-refractivity contribution in [1.82, 2.24) is 9.88 Å². The molecule has 2 heterocycles. The summed E-state index contributed by atoms with van der Waals surface area (Å²) < 4.78 is 13.6. The molecule has 0 unspecified atom stereocenters. The van der Waals surface area contributed by atoms with Crippen molar-refractivity contribution in [3.63, 3.8) is 0 Å². The van der Waals surface area contributed by atoms with Crippen molar-refractivity contribution < 1.29 is 9.18 Å². The van der Waals surface area contributed by atoms with Gasteiger partial charge in [-0.25, -0.2) is 9.37 Å². The summed E-state index contributed by atoms with van der Waals surface area (Å²) in [6.45, 7) is 2.65. The number of likely N-dealkylation sites (tertiary alicyclic amines) is 1. The van der Waals surface area contributed by atoms with Crippen molar-refractivity contribution in [3.05, 3.63) is 53.4 Å². The van der Waals surface area contributed by atoms with Gasteiger partial charge in [0.05, 0.1) is 5.02 Å². The third-order valence-corrected chi connectivity index (χ3v) is 5.69. The summed E-state index contributed by atoms with van der Waals surface area (Å²) in [5.74, 6) is 1.22. The Morgan fingerprint density at radius 1 is 1.27 bits per heavy atom. The van der Waals surface area contributed by atoms with E-state index in [-0.39, 0.29) is 17.6 Å². The highest BCUT2D eigenvalue weighted by molar-refractivity contribution is 7.99. The van der Waals surface area contributed by atoms with Gasteiger partial charge in [-0.15, -0.1) is 11.8 Å². The number of thioether (sulfide) groups is 1. The van der Waals surface area contributed by atoms with Gasteiger partial charge in [0, 0.05) is 29.3 Å². The van der Waals surface area contributed by atoms with E-state index in [2.05, 4.69) is 15.2 Å². The van der Waals surface area contributed by atoms with Crippen LogP contribution in [-0.4, -0.2) is 41.2 Å². The van der Waals surface area contributed by atoms with Gasteiger partial charge in [0.2, 0.25) is 5.91 Å². The number of nitrogens with one attached hydrogen (secondary N) is 1. The molecule has 7 heteroatoms. The molecule has 1 saturated heterocycles. The molecular formula is C19H21ClFN3OS. The lowest BCUT2D eigenvalue weighted by Crippen LogP contribution is -2.39. The zero-order valence-corrected chi connectivity index (χ0v) is 15.9. The number of piperidine rings is 1. The van der Waals surface area contributed by atoms with Crippen molar-refractivity contribution in [2.24, 2.45) is 5.92 Å². The van der Waals surface area contributed by atoms with E-state index < -0.39 is 0 Å². The minimum Gasteiger partial charge on any atom is -0.310 e. The maximum Gasteiger partial charge on any atom is 0.228 e. The highest BCUT2D eigenvalue weighted by Gasteiger charge is 2.25. The number of carbonyl (C=O) groups is 1. The number of nitrogens with zero attached hydrogens (tertiary/aromatic N) is 2. The maximum atomic E-state index is 13.6. The van der Waals surface area contributed by atoms with Gasteiger partial charge < -0.3 is 10.2 Å². The summed E-state index contributed by atoms with van der Waals surface area (Å²) in [7, 11) is 0. The molecule has 1 aliphatic rings. The van der Waals surface area contributed by atoms with Gasteiger partial charge in [0.15, 0.2) is 0 Å². The molecule has 0 saturated carbocycles. The van der Waals surface area contributed by atoms with Gasteiger partial charge in [-0.2, -0.15) is 0 Å². The first-order valence-electron chi connectivity index (χ1n) is 8.64. The second-order valence-corrected chi connectivity index (χ2v) is 7.82. The lowest BCUT2D eigenvalue weighted by atomic mass is 9.96. The molecule has 4 nitrogen and oxygen atoms in total. The predicted molar refractivity (Wildman–Crippen MR) is 104 cm³/mol. The highest BCUT2D eigenvalue weighted by Crippen LogP contribution is 2.23. The van der Waals surface area contributed by atoms with Crippen molar-refractivity contribution in [2.45, 2.75) is 17.7 Å². The minimum absolute atomic E-state index is 0.00273. The summed E-state index contributed by atoms with van der Waals surface area (Å²) in [6.07, 6.45) is 3.17. The molecule has 2 aromatic rings. The van der Waals surface area contributed by atoms with Crippen LogP contribution in [0.15, 0.2) is 47.5 Å². The fourth-order valence-electron chi connectivity index (χ4n) is 2.94. The van der Waals surface area contributed by atoms with Crippen LogP contribution in [0.5, 0.6) is 0 Å². The van der Waals surface area contributed by atoms with Gasteiger partial charge in [-0.1, -0.05) is 23.7 Å². The first-order chi connectivity index (χ1) is 12.6. The van der Waals surface area contributed by atoms with Crippen LogP contribution in [-0.2, 0) is 4.79 Å². The fraction of sp³-hybridized carbons (Fsp3) is 0.368. The van der Waals surface area contributed by atoms with E-state index in [0.29, 0.717) is 15.7 Å².